The normalized spacial score (nSPS) is 9.83. The van der Waals surface area contributed by atoms with Crippen LogP contribution in [0, 0.1) is 0 Å². The van der Waals surface area contributed by atoms with E-state index >= 15 is 0 Å². The predicted octanol–water partition coefficient (Wildman–Crippen LogP) is -1.70. The van der Waals surface area contributed by atoms with Gasteiger partial charge < -0.3 is 21.1 Å². The summed E-state index contributed by atoms with van der Waals surface area (Å²) in [7, 11) is 1.37. The standard InChI is InChI=1S/C7H17N3O2/c1-12-7(11)6-10-5-4-9-3-2-8/h9-10H,2-6,8H2,1H3. The predicted molar refractivity (Wildman–Crippen MR) is 46.8 cm³/mol. The lowest BCUT2D eigenvalue weighted by atomic mass is 10.5. The van der Waals surface area contributed by atoms with Crippen LogP contribution in [-0.2, 0) is 9.53 Å². The molecule has 5 nitrogen and oxygen atoms in total. The third-order valence-electron chi connectivity index (χ3n) is 1.30. The van der Waals surface area contributed by atoms with Crippen LogP contribution < -0.4 is 16.4 Å². The summed E-state index contributed by atoms with van der Waals surface area (Å²) >= 11 is 0. The van der Waals surface area contributed by atoms with E-state index in [4.69, 9.17) is 5.73 Å². The Hall–Kier alpha value is -0.650. The van der Waals surface area contributed by atoms with E-state index in [0.29, 0.717) is 6.54 Å². The first-order chi connectivity index (χ1) is 5.81. The van der Waals surface area contributed by atoms with Crippen molar-refractivity contribution < 1.29 is 9.53 Å². The minimum absolute atomic E-state index is 0.242. The first-order valence-corrected chi connectivity index (χ1v) is 3.99. The molecule has 0 bridgehead atoms. The van der Waals surface area contributed by atoms with Crippen molar-refractivity contribution in [2.75, 3.05) is 39.8 Å². The summed E-state index contributed by atoms with van der Waals surface area (Å²) in [6, 6.07) is 0. The molecule has 0 aromatic rings. The Bertz CT molecular complexity index is 119. The summed E-state index contributed by atoms with van der Waals surface area (Å²) in [6.45, 7) is 3.26. The lowest BCUT2D eigenvalue weighted by molar-refractivity contribution is -0.139. The van der Waals surface area contributed by atoms with Gasteiger partial charge in [-0.05, 0) is 0 Å². The Morgan fingerprint density at radius 1 is 1.33 bits per heavy atom. The van der Waals surface area contributed by atoms with Crippen LogP contribution in [0.3, 0.4) is 0 Å². The van der Waals surface area contributed by atoms with E-state index < -0.39 is 0 Å². The molecule has 0 unspecified atom stereocenters. The van der Waals surface area contributed by atoms with E-state index in [-0.39, 0.29) is 12.5 Å². The van der Waals surface area contributed by atoms with E-state index in [1.165, 1.54) is 7.11 Å². The zero-order chi connectivity index (χ0) is 9.23. The Balaban J connectivity index is 2.95. The maximum atomic E-state index is 10.6. The van der Waals surface area contributed by atoms with Crippen LogP contribution in [0.4, 0.5) is 0 Å². The second kappa shape index (κ2) is 8.45. The number of ether oxygens (including phenoxy) is 1. The van der Waals surface area contributed by atoms with E-state index in [0.717, 1.165) is 19.6 Å². The number of carbonyl (C=O) groups excluding carboxylic acids is 1. The van der Waals surface area contributed by atoms with Gasteiger partial charge in [0.05, 0.1) is 13.7 Å². The summed E-state index contributed by atoms with van der Waals surface area (Å²) in [5.74, 6) is -0.242. The Kier molecular flexibility index (Phi) is 7.99. The van der Waals surface area contributed by atoms with Crippen molar-refractivity contribution in [2.24, 2.45) is 5.73 Å². The van der Waals surface area contributed by atoms with E-state index in [1.54, 1.807) is 0 Å². The molecule has 0 aromatic carbocycles. The molecule has 0 amide bonds. The number of esters is 1. The molecule has 72 valence electrons. The highest BCUT2D eigenvalue weighted by atomic mass is 16.5. The smallest absolute Gasteiger partial charge is 0.319 e. The molecule has 0 aliphatic rings. The molecule has 0 heterocycles. The average molecular weight is 175 g/mol. The van der Waals surface area contributed by atoms with Crippen molar-refractivity contribution >= 4 is 5.97 Å². The topological polar surface area (TPSA) is 76.4 Å². The summed E-state index contributed by atoms with van der Waals surface area (Å²) in [4.78, 5) is 10.6. The molecule has 0 spiro atoms. The number of hydrogen-bond acceptors (Lipinski definition) is 5. The van der Waals surface area contributed by atoms with Crippen LogP contribution in [-0.4, -0.2) is 45.8 Å². The number of methoxy groups -OCH3 is 1. The van der Waals surface area contributed by atoms with Gasteiger partial charge in [0, 0.05) is 26.2 Å². The van der Waals surface area contributed by atoms with Gasteiger partial charge in [0.1, 0.15) is 0 Å². The fraction of sp³-hybridized carbons (Fsp3) is 0.857. The Morgan fingerprint density at radius 3 is 2.58 bits per heavy atom. The number of rotatable bonds is 7. The Labute approximate surface area is 72.6 Å². The van der Waals surface area contributed by atoms with E-state index in [2.05, 4.69) is 15.4 Å². The molecule has 4 N–H and O–H groups in total. The van der Waals surface area contributed by atoms with Crippen LogP contribution in [0.1, 0.15) is 0 Å². The summed E-state index contributed by atoms with van der Waals surface area (Å²) < 4.78 is 4.44. The second-order valence-corrected chi connectivity index (χ2v) is 2.29. The quantitative estimate of drug-likeness (QED) is 0.317. The highest BCUT2D eigenvalue weighted by Gasteiger charge is 1.96. The van der Waals surface area contributed by atoms with Crippen molar-refractivity contribution in [1.82, 2.24) is 10.6 Å². The van der Waals surface area contributed by atoms with Gasteiger partial charge in [0.2, 0.25) is 0 Å². The lowest BCUT2D eigenvalue weighted by Gasteiger charge is -2.03. The van der Waals surface area contributed by atoms with Crippen molar-refractivity contribution in [3.63, 3.8) is 0 Å². The van der Waals surface area contributed by atoms with Gasteiger partial charge in [0.15, 0.2) is 0 Å². The van der Waals surface area contributed by atoms with Gasteiger partial charge in [-0.1, -0.05) is 0 Å². The van der Waals surface area contributed by atoms with Crippen LogP contribution in [0.2, 0.25) is 0 Å². The molecule has 12 heavy (non-hydrogen) atoms. The highest BCUT2D eigenvalue weighted by molar-refractivity contribution is 5.71. The number of nitrogens with one attached hydrogen (secondary N) is 2. The number of hydrogen-bond donors (Lipinski definition) is 3. The number of carbonyl (C=O) groups is 1. The molecule has 0 aliphatic heterocycles. The molecule has 5 heteroatoms. The molecular formula is C7H17N3O2. The fourth-order valence-electron chi connectivity index (χ4n) is 0.666. The van der Waals surface area contributed by atoms with Gasteiger partial charge in [0.25, 0.3) is 0 Å². The summed E-state index contributed by atoms with van der Waals surface area (Å²) in [5.41, 5.74) is 5.26. The van der Waals surface area contributed by atoms with Crippen LogP contribution in [0.5, 0.6) is 0 Å². The van der Waals surface area contributed by atoms with E-state index in [1.807, 2.05) is 0 Å². The zero-order valence-corrected chi connectivity index (χ0v) is 7.43. The SMILES string of the molecule is COC(=O)CNCCNCCN. The minimum atomic E-state index is -0.242. The van der Waals surface area contributed by atoms with Crippen LogP contribution >= 0.6 is 0 Å². The summed E-state index contributed by atoms with van der Waals surface area (Å²) in [6.07, 6.45) is 0. The Morgan fingerprint density at radius 2 is 2.00 bits per heavy atom. The van der Waals surface area contributed by atoms with Gasteiger partial charge >= 0.3 is 5.97 Å². The van der Waals surface area contributed by atoms with Crippen LogP contribution in [0.15, 0.2) is 0 Å². The molecule has 0 aliphatic carbocycles. The van der Waals surface area contributed by atoms with Gasteiger partial charge in [-0.25, -0.2) is 0 Å². The second-order valence-electron chi connectivity index (χ2n) is 2.29. The monoisotopic (exact) mass is 175 g/mol. The maximum Gasteiger partial charge on any atom is 0.319 e. The first kappa shape index (κ1) is 11.4. The molecule has 0 radical (unpaired) electrons. The summed E-state index contributed by atoms with van der Waals surface area (Å²) in [5, 5.41) is 6.00. The van der Waals surface area contributed by atoms with Crippen molar-refractivity contribution in [1.29, 1.82) is 0 Å². The van der Waals surface area contributed by atoms with Gasteiger partial charge in [-0.2, -0.15) is 0 Å². The molecule has 0 saturated carbocycles. The highest BCUT2D eigenvalue weighted by Crippen LogP contribution is 1.68. The third kappa shape index (κ3) is 7.46. The van der Waals surface area contributed by atoms with Gasteiger partial charge in [-0.15, -0.1) is 0 Å². The van der Waals surface area contributed by atoms with Crippen molar-refractivity contribution in [3.05, 3.63) is 0 Å². The van der Waals surface area contributed by atoms with Gasteiger partial charge in [-0.3, -0.25) is 4.79 Å². The molecule has 0 rings (SSSR count). The van der Waals surface area contributed by atoms with Crippen LogP contribution in [0.25, 0.3) is 0 Å². The van der Waals surface area contributed by atoms with E-state index in [9.17, 15) is 4.79 Å². The maximum absolute atomic E-state index is 10.6. The number of nitrogens with two attached hydrogens (primary N) is 1. The zero-order valence-electron chi connectivity index (χ0n) is 7.43. The first-order valence-electron chi connectivity index (χ1n) is 3.99. The third-order valence-corrected chi connectivity index (χ3v) is 1.30. The molecule has 0 saturated heterocycles. The lowest BCUT2D eigenvalue weighted by Crippen LogP contribution is -2.33. The molecule has 0 fully saturated rings. The van der Waals surface area contributed by atoms with Crippen molar-refractivity contribution in [3.8, 4) is 0 Å². The average Bonchev–Trinajstić information content (AvgIpc) is 2.10. The molecule has 0 atom stereocenters. The molecule has 0 aromatic heterocycles. The molecular weight excluding hydrogens is 158 g/mol. The largest absolute Gasteiger partial charge is 0.468 e. The minimum Gasteiger partial charge on any atom is -0.468 e. The fourth-order valence-corrected chi connectivity index (χ4v) is 0.666. The van der Waals surface area contributed by atoms with Crippen molar-refractivity contribution in [2.45, 2.75) is 0 Å².